The van der Waals surface area contributed by atoms with Gasteiger partial charge in [-0.25, -0.2) is 0 Å². The van der Waals surface area contributed by atoms with Crippen LogP contribution in [0.25, 0.3) is 0 Å². The topological polar surface area (TPSA) is 90.2 Å². The third-order valence-electron chi connectivity index (χ3n) is 2.57. The number of rotatable bonds is 2. The van der Waals surface area contributed by atoms with E-state index in [1.54, 1.807) is 6.19 Å². The van der Waals surface area contributed by atoms with Crippen LogP contribution in [0.5, 0.6) is 0 Å². The number of aliphatic carboxylic acids is 1. The molecule has 5 nitrogen and oxygen atoms in total. The molecule has 0 saturated heterocycles. The summed E-state index contributed by atoms with van der Waals surface area (Å²) in [5.74, 6) is -1.94. The van der Waals surface area contributed by atoms with Gasteiger partial charge in [-0.05, 0) is 19.3 Å². The van der Waals surface area contributed by atoms with Crippen LogP contribution in [0.2, 0.25) is 0 Å². The largest absolute Gasteiger partial charge is 0.481 e. The summed E-state index contributed by atoms with van der Waals surface area (Å²) in [6.45, 7) is 0. The molecule has 0 aliphatic heterocycles. The van der Waals surface area contributed by atoms with Gasteiger partial charge in [-0.3, -0.25) is 14.9 Å². The van der Waals surface area contributed by atoms with Crippen LogP contribution in [-0.4, -0.2) is 17.0 Å². The molecule has 2 unspecified atom stereocenters. The molecule has 2 atom stereocenters. The molecule has 1 aliphatic rings. The highest BCUT2D eigenvalue weighted by Gasteiger charge is 2.30. The number of carbonyl (C=O) groups excluding carboxylic acids is 1. The van der Waals surface area contributed by atoms with Crippen LogP contribution in [0, 0.1) is 23.3 Å². The van der Waals surface area contributed by atoms with Crippen molar-refractivity contribution in [2.45, 2.75) is 25.7 Å². The van der Waals surface area contributed by atoms with Crippen molar-refractivity contribution in [2.24, 2.45) is 11.8 Å². The molecule has 0 aromatic heterocycles. The van der Waals surface area contributed by atoms with Crippen molar-refractivity contribution >= 4 is 11.9 Å². The predicted octanol–water partition coefficient (Wildman–Crippen LogP) is 0.475. The van der Waals surface area contributed by atoms with Crippen LogP contribution in [0.15, 0.2) is 0 Å². The quantitative estimate of drug-likeness (QED) is 0.496. The summed E-state index contributed by atoms with van der Waals surface area (Å²) in [5.41, 5.74) is 0. The highest BCUT2D eigenvalue weighted by molar-refractivity contribution is 5.81. The molecule has 0 aromatic carbocycles. The number of amides is 1. The summed E-state index contributed by atoms with van der Waals surface area (Å²) in [6, 6.07) is 0. The number of nitriles is 1. The van der Waals surface area contributed by atoms with E-state index in [-0.39, 0.29) is 11.8 Å². The highest BCUT2D eigenvalue weighted by Crippen LogP contribution is 2.29. The third-order valence-corrected chi connectivity index (χ3v) is 2.57. The average molecular weight is 196 g/mol. The van der Waals surface area contributed by atoms with Gasteiger partial charge >= 0.3 is 5.97 Å². The smallest absolute Gasteiger partial charge is 0.306 e. The average Bonchev–Trinajstić information content (AvgIpc) is 2.18. The molecule has 1 rings (SSSR count). The van der Waals surface area contributed by atoms with Crippen molar-refractivity contribution in [3.63, 3.8) is 0 Å². The van der Waals surface area contributed by atoms with Gasteiger partial charge in [-0.15, -0.1) is 0 Å². The first-order chi connectivity index (χ1) is 6.65. The second-order valence-electron chi connectivity index (χ2n) is 3.50. The van der Waals surface area contributed by atoms with Crippen LogP contribution in [-0.2, 0) is 9.59 Å². The Hall–Kier alpha value is -1.57. The van der Waals surface area contributed by atoms with Crippen molar-refractivity contribution < 1.29 is 14.7 Å². The van der Waals surface area contributed by atoms with Crippen molar-refractivity contribution in [3.8, 4) is 6.19 Å². The minimum atomic E-state index is -0.848. The van der Waals surface area contributed by atoms with E-state index in [1.807, 2.05) is 5.32 Å². The summed E-state index contributed by atoms with van der Waals surface area (Å²) in [6.07, 6.45) is 3.96. The van der Waals surface area contributed by atoms with Crippen molar-refractivity contribution in [3.05, 3.63) is 0 Å². The molecule has 14 heavy (non-hydrogen) atoms. The lowest BCUT2D eigenvalue weighted by molar-refractivity contribution is -0.144. The first-order valence-corrected chi connectivity index (χ1v) is 4.57. The maximum atomic E-state index is 11.2. The minimum Gasteiger partial charge on any atom is -0.481 e. The fourth-order valence-electron chi connectivity index (χ4n) is 1.81. The van der Waals surface area contributed by atoms with Gasteiger partial charge in [-0.1, -0.05) is 6.42 Å². The van der Waals surface area contributed by atoms with Gasteiger partial charge in [0.1, 0.15) is 0 Å². The van der Waals surface area contributed by atoms with Crippen LogP contribution in [0.4, 0.5) is 0 Å². The summed E-state index contributed by atoms with van der Waals surface area (Å²) >= 11 is 0. The Balaban J connectivity index is 2.52. The first-order valence-electron chi connectivity index (χ1n) is 4.57. The Kier molecular flexibility index (Phi) is 3.46. The molecule has 0 aromatic rings. The molecule has 1 amide bonds. The fraction of sp³-hybridized carbons (Fsp3) is 0.667. The van der Waals surface area contributed by atoms with Gasteiger partial charge in [0.15, 0.2) is 6.19 Å². The second-order valence-corrected chi connectivity index (χ2v) is 3.50. The molecular weight excluding hydrogens is 184 g/mol. The molecule has 1 aliphatic carbocycles. The number of carboxylic acids is 1. The molecule has 0 spiro atoms. The number of carbonyl (C=O) groups is 2. The van der Waals surface area contributed by atoms with E-state index in [4.69, 9.17) is 10.4 Å². The number of hydrogen-bond acceptors (Lipinski definition) is 3. The normalized spacial score (nSPS) is 26.2. The number of nitrogens with zero attached hydrogens (tertiary/aromatic N) is 1. The van der Waals surface area contributed by atoms with E-state index in [0.29, 0.717) is 19.3 Å². The number of nitrogens with one attached hydrogen (secondary N) is 1. The number of hydrogen-bond donors (Lipinski definition) is 2. The predicted molar refractivity (Wildman–Crippen MR) is 46.8 cm³/mol. The SMILES string of the molecule is N#CNC(=O)C1CCCC(C(=O)O)C1. The summed E-state index contributed by atoms with van der Waals surface area (Å²) in [7, 11) is 0. The van der Waals surface area contributed by atoms with E-state index in [2.05, 4.69) is 0 Å². The van der Waals surface area contributed by atoms with Crippen molar-refractivity contribution in [1.82, 2.24) is 5.32 Å². The van der Waals surface area contributed by atoms with E-state index in [1.165, 1.54) is 0 Å². The van der Waals surface area contributed by atoms with E-state index >= 15 is 0 Å². The summed E-state index contributed by atoms with van der Waals surface area (Å²) < 4.78 is 0. The monoisotopic (exact) mass is 196 g/mol. The minimum absolute atomic E-state index is 0.315. The molecule has 1 fully saturated rings. The van der Waals surface area contributed by atoms with Gasteiger partial charge in [-0.2, -0.15) is 5.26 Å². The van der Waals surface area contributed by atoms with Crippen molar-refractivity contribution in [2.75, 3.05) is 0 Å². The lowest BCUT2D eigenvalue weighted by Crippen LogP contribution is -2.33. The standard InChI is InChI=1S/C9H12N2O3/c10-5-11-8(12)6-2-1-3-7(4-6)9(13)14/h6-7H,1-4H2,(H,11,12)(H,13,14). The first kappa shape index (κ1) is 10.5. The van der Waals surface area contributed by atoms with Gasteiger partial charge in [0.05, 0.1) is 5.92 Å². The number of carboxylic acid groups (broad SMARTS) is 1. The summed E-state index contributed by atoms with van der Waals surface area (Å²) in [4.78, 5) is 21.9. The van der Waals surface area contributed by atoms with E-state index < -0.39 is 11.9 Å². The Morgan fingerprint density at radius 1 is 1.36 bits per heavy atom. The maximum Gasteiger partial charge on any atom is 0.306 e. The van der Waals surface area contributed by atoms with Gasteiger partial charge in [0, 0.05) is 5.92 Å². The molecular formula is C9H12N2O3. The van der Waals surface area contributed by atoms with Crippen LogP contribution < -0.4 is 5.32 Å². The molecule has 2 N–H and O–H groups in total. The molecule has 0 radical (unpaired) electrons. The molecule has 0 heterocycles. The Bertz CT molecular complexity index is 282. The molecule has 76 valence electrons. The molecule has 1 saturated carbocycles. The lowest BCUT2D eigenvalue weighted by atomic mass is 9.81. The van der Waals surface area contributed by atoms with Crippen LogP contribution >= 0.6 is 0 Å². The second kappa shape index (κ2) is 4.61. The van der Waals surface area contributed by atoms with Gasteiger partial charge in [0.25, 0.3) is 0 Å². The lowest BCUT2D eigenvalue weighted by Gasteiger charge is -2.24. The fourth-order valence-corrected chi connectivity index (χ4v) is 1.81. The van der Waals surface area contributed by atoms with Gasteiger partial charge in [0.2, 0.25) is 5.91 Å². The molecule has 0 bridgehead atoms. The van der Waals surface area contributed by atoms with Crippen LogP contribution in [0.3, 0.4) is 0 Å². The van der Waals surface area contributed by atoms with Gasteiger partial charge < -0.3 is 5.11 Å². The highest BCUT2D eigenvalue weighted by atomic mass is 16.4. The Labute approximate surface area is 81.7 Å². The van der Waals surface area contributed by atoms with E-state index in [9.17, 15) is 9.59 Å². The zero-order valence-electron chi connectivity index (χ0n) is 7.69. The summed E-state index contributed by atoms with van der Waals surface area (Å²) in [5, 5.41) is 19.1. The van der Waals surface area contributed by atoms with E-state index in [0.717, 1.165) is 6.42 Å². The Morgan fingerprint density at radius 2 is 2.00 bits per heavy atom. The maximum absolute atomic E-state index is 11.2. The molecule has 5 heteroatoms. The third kappa shape index (κ3) is 2.46. The zero-order valence-corrected chi connectivity index (χ0v) is 7.69. The zero-order chi connectivity index (χ0) is 10.6. The van der Waals surface area contributed by atoms with Crippen molar-refractivity contribution in [1.29, 1.82) is 5.26 Å². The Morgan fingerprint density at radius 3 is 2.57 bits per heavy atom. The van der Waals surface area contributed by atoms with Crippen LogP contribution in [0.1, 0.15) is 25.7 Å².